The first-order chi connectivity index (χ1) is 33.5. The molecule has 0 aliphatic carbocycles. The van der Waals surface area contributed by atoms with Gasteiger partial charge in [0, 0.05) is 11.1 Å². The first-order valence-electron chi connectivity index (χ1n) is 20.3. The van der Waals surface area contributed by atoms with Crippen molar-refractivity contribution >= 4 is 34.8 Å². The number of rotatable bonds is 13. The molecule has 0 bridgehead atoms. The third kappa shape index (κ3) is 10.0. The van der Waals surface area contributed by atoms with Crippen molar-refractivity contribution in [3.05, 3.63) is 155 Å². The molecule has 3 amide bonds. The summed E-state index contributed by atoms with van der Waals surface area (Å²) in [6.07, 6.45) is -24.1. The molecule has 0 unspecified atom stereocenters. The van der Waals surface area contributed by atoms with Gasteiger partial charge in [-0.2, -0.15) is 52.7 Å². The van der Waals surface area contributed by atoms with Gasteiger partial charge < -0.3 is 45.5 Å². The van der Waals surface area contributed by atoms with Crippen molar-refractivity contribution in [2.24, 2.45) is 0 Å². The standard InChI is InChI=1S/C48H35F12N3O9/c1-43(45(49,50)51,46(52,53)54)26-11-18-34(64)31(21-26)61-40(67)24-7-14-29(15-8-24)72-30-16-9-25(10-17-30)41(68)62-32-22-27(12-19-35(32)65)44(47(55,56)57,48(58,59)60)28-13-20-36(66)33(23-28)63-42(69)39-37(70-2)5-4-6-38(39)71-3/h4-23,64-66H,1-3H3,(H,61,67)(H,62,68)(H,63,69). The molecule has 12 nitrogen and oxygen atoms in total. The fraction of sp³-hybridized carbons (Fsp3) is 0.188. The van der Waals surface area contributed by atoms with Crippen LogP contribution in [0.1, 0.15) is 54.7 Å². The molecule has 0 atom stereocenters. The number of phenols is 3. The zero-order valence-corrected chi connectivity index (χ0v) is 36.9. The van der Waals surface area contributed by atoms with Crippen LogP contribution in [-0.2, 0) is 10.8 Å². The van der Waals surface area contributed by atoms with Gasteiger partial charge in [0.25, 0.3) is 17.7 Å². The number of methoxy groups -OCH3 is 2. The number of alkyl halides is 12. The zero-order chi connectivity index (χ0) is 53.4. The minimum atomic E-state index is -6.22. The van der Waals surface area contributed by atoms with Crippen LogP contribution in [-0.4, -0.2) is 72.0 Å². The summed E-state index contributed by atoms with van der Waals surface area (Å²) in [5, 5.41) is 37.5. The number of phenolic OH excluding ortho intramolecular Hbond substituents is 3. The van der Waals surface area contributed by atoms with Crippen LogP contribution in [0.25, 0.3) is 0 Å². The lowest BCUT2D eigenvalue weighted by Gasteiger charge is -2.38. The van der Waals surface area contributed by atoms with Crippen LogP contribution in [0.4, 0.5) is 69.7 Å². The summed E-state index contributed by atoms with van der Waals surface area (Å²) in [5.74, 6) is -6.24. The molecule has 0 fully saturated rings. The number of benzene rings is 6. The largest absolute Gasteiger partial charge is 0.506 e. The van der Waals surface area contributed by atoms with Gasteiger partial charge in [0.1, 0.15) is 45.8 Å². The van der Waals surface area contributed by atoms with Gasteiger partial charge in [0.15, 0.2) is 5.41 Å². The van der Waals surface area contributed by atoms with Crippen LogP contribution >= 0.6 is 0 Å². The second-order valence-electron chi connectivity index (χ2n) is 15.6. The van der Waals surface area contributed by atoms with E-state index in [1.165, 1.54) is 56.7 Å². The van der Waals surface area contributed by atoms with Crippen molar-refractivity contribution in [1.29, 1.82) is 0 Å². The van der Waals surface area contributed by atoms with E-state index >= 15 is 26.3 Å². The number of halogens is 12. The van der Waals surface area contributed by atoms with Crippen molar-refractivity contribution in [1.82, 2.24) is 0 Å². The quantitative estimate of drug-likeness (QED) is 0.0486. The first kappa shape index (κ1) is 53.0. The van der Waals surface area contributed by atoms with Crippen LogP contribution in [0, 0.1) is 0 Å². The Kier molecular flexibility index (Phi) is 14.3. The van der Waals surface area contributed by atoms with Crippen LogP contribution < -0.4 is 30.2 Å². The van der Waals surface area contributed by atoms with Gasteiger partial charge in [-0.25, -0.2) is 0 Å². The van der Waals surface area contributed by atoms with Gasteiger partial charge in [-0.3, -0.25) is 14.4 Å². The maximum Gasteiger partial charge on any atom is 0.411 e. The molecule has 0 spiro atoms. The highest BCUT2D eigenvalue weighted by Crippen LogP contribution is 2.58. The van der Waals surface area contributed by atoms with Crippen molar-refractivity contribution in [2.75, 3.05) is 30.2 Å². The number of carbonyl (C=O) groups excluding carboxylic acids is 3. The summed E-state index contributed by atoms with van der Waals surface area (Å²) in [4.78, 5) is 39.6. The Hall–Kier alpha value is -8.31. The Morgan fingerprint density at radius 3 is 1.11 bits per heavy atom. The molecule has 0 aliphatic rings. The van der Waals surface area contributed by atoms with Crippen LogP contribution in [0.3, 0.4) is 0 Å². The van der Waals surface area contributed by atoms with Crippen molar-refractivity contribution < 1.29 is 96.6 Å². The molecule has 6 aromatic rings. The maximum atomic E-state index is 15.3. The lowest BCUT2D eigenvalue weighted by Crippen LogP contribution is -2.54. The molecule has 0 aromatic heterocycles. The van der Waals surface area contributed by atoms with E-state index in [1.807, 2.05) is 0 Å². The zero-order valence-electron chi connectivity index (χ0n) is 36.9. The fourth-order valence-corrected chi connectivity index (χ4v) is 7.29. The molecule has 6 N–H and O–H groups in total. The number of amides is 3. The number of anilines is 3. The number of aromatic hydroxyl groups is 3. The number of carbonyl (C=O) groups is 3. The van der Waals surface area contributed by atoms with E-state index < -0.39 is 104 Å². The van der Waals surface area contributed by atoms with Crippen molar-refractivity contribution in [2.45, 2.75) is 42.5 Å². The predicted octanol–water partition coefficient (Wildman–Crippen LogP) is 12.2. The lowest BCUT2D eigenvalue weighted by atomic mass is 9.72. The Morgan fingerprint density at radius 2 is 0.778 bits per heavy atom. The normalized spacial score (nSPS) is 12.4. The second-order valence-corrected chi connectivity index (χ2v) is 15.6. The molecular formula is C48H35F12N3O9. The highest BCUT2D eigenvalue weighted by Gasteiger charge is 2.73. The van der Waals surface area contributed by atoms with E-state index in [-0.39, 0.29) is 58.7 Å². The van der Waals surface area contributed by atoms with Crippen molar-refractivity contribution in [3.8, 4) is 40.2 Å². The van der Waals surface area contributed by atoms with Gasteiger partial charge >= 0.3 is 24.7 Å². The summed E-state index contributed by atoms with van der Waals surface area (Å²) >= 11 is 0. The smallest absolute Gasteiger partial charge is 0.411 e. The number of ether oxygens (including phenoxy) is 3. The molecule has 0 radical (unpaired) electrons. The number of hydrogen-bond donors (Lipinski definition) is 6. The van der Waals surface area contributed by atoms with Crippen molar-refractivity contribution in [3.63, 3.8) is 0 Å². The lowest BCUT2D eigenvalue weighted by molar-refractivity contribution is -0.297. The van der Waals surface area contributed by atoms with E-state index in [4.69, 9.17) is 14.2 Å². The summed E-state index contributed by atoms with van der Waals surface area (Å²) in [6, 6.07) is 16.8. The Morgan fingerprint density at radius 1 is 0.444 bits per heavy atom. The maximum absolute atomic E-state index is 15.3. The molecule has 6 aromatic carbocycles. The highest BCUT2D eigenvalue weighted by molar-refractivity contribution is 6.09. The minimum Gasteiger partial charge on any atom is -0.506 e. The Bertz CT molecular complexity index is 2960. The van der Waals surface area contributed by atoms with Crippen LogP contribution in [0.15, 0.2) is 121 Å². The van der Waals surface area contributed by atoms with E-state index in [0.717, 1.165) is 24.3 Å². The molecule has 0 heterocycles. The summed E-state index contributed by atoms with van der Waals surface area (Å²) < 4.78 is 189. The monoisotopic (exact) mass is 1030 g/mol. The third-order valence-electron chi connectivity index (χ3n) is 11.3. The average Bonchev–Trinajstić information content (AvgIpc) is 3.30. The predicted molar refractivity (Wildman–Crippen MR) is 233 cm³/mol. The topological polar surface area (TPSA) is 176 Å². The molecule has 72 heavy (non-hydrogen) atoms. The van der Waals surface area contributed by atoms with E-state index in [9.17, 15) is 56.0 Å². The van der Waals surface area contributed by atoms with Crippen LogP contribution in [0.5, 0.6) is 40.2 Å². The molecule has 6 rings (SSSR count). The highest BCUT2D eigenvalue weighted by atomic mass is 19.4. The molecule has 0 saturated carbocycles. The molecule has 380 valence electrons. The fourth-order valence-electron chi connectivity index (χ4n) is 7.29. The van der Waals surface area contributed by atoms with E-state index in [2.05, 4.69) is 16.0 Å². The first-order valence-corrected chi connectivity index (χ1v) is 20.3. The SMILES string of the molecule is COc1cccc(OC)c1C(=O)Nc1cc(C(c2ccc(O)c(NC(=O)c3ccc(Oc4ccc(C(=O)Nc5cc(C(C)(C(F)(F)F)C(F)(F)F)ccc5O)cc4)cc3)c2)(C(F)(F)F)C(F)(F)F)ccc1O. The summed E-state index contributed by atoms with van der Waals surface area (Å²) in [5.41, 5.74) is -17.0. The molecule has 24 heteroatoms. The molecule has 0 saturated heterocycles. The van der Waals surface area contributed by atoms with Gasteiger partial charge in [0.05, 0.1) is 31.3 Å². The summed E-state index contributed by atoms with van der Waals surface area (Å²) in [7, 11) is 2.35. The van der Waals surface area contributed by atoms with Gasteiger partial charge in [0.2, 0.25) is 5.41 Å². The second kappa shape index (κ2) is 19.5. The molecule has 0 aliphatic heterocycles. The van der Waals surface area contributed by atoms with E-state index in [0.29, 0.717) is 42.5 Å². The molecular weight excluding hydrogens is 991 g/mol. The van der Waals surface area contributed by atoms with Gasteiger partial charge in [-0.1, -0.05) is 24.3 Å². The minimum absolute atomic E-state index is 0.0133. The number of nitrogens with one attached hydrogen (secondary N) is 3. The average molecular weight is 1030 g/mol. The third-order valence-corrected chi connectivity index (χ3v) is 11.3. The Labute approximate surface area is 398 Å². The van der Waals surface area contributed by atoms with Gasteiger partial charge in [-0.15, -0.1) is 0 Å². The summed E-state index contributed by atoms with van der Waals surface area (Å²) in [6.45, 7) is -0.0953. The van der Waals surface area contributed by atoms with Gasteiger partial charge in [-0.05, 0) is 121 Å². The van der Waals surface area contributed by atoms with E-state index in [1.54, 1.807) is 0 Å². The van der Waals surface area contributed by atoms with Crippen LogP contribution in [0.2, 0.25) is 0 Å². The number of hydrogen-bond acceptors (Lipinski definition) is 9. The Balaban J connectivity index is 1.21.